The van der Waals surface area contributed by atoms with Gasteiger partial charge in [0.25, 0.3) is 0 Å². The molecule has 5 N–H and O–H groups in total. The minimum atomic E-state index is -0.286. The van der Waals surface area contributed by atoms with E-state index in [0.717, 1.165) is 11.3 Å². The normalized spacial score (nSPS) is 26.9. The Hall–Kier alpha value is -1.63. The molecule has 0 radical (unpaired) electrons. The quantitative estimate of drug-likeness (QED) is 0.340. The van der Waals surface area contributed by atoms with E-state index in [4.69, 9.17) is 10.6 Å². The molecule has 6 nitrogen and oxygen atoms in total. The molecule has 1 heterocycles. The van der Waals surface area contributed by atoms with Crippen LogP contribution in [0.4, 0.5) is 0 Å². The molecule has 0 saturated carbocycles. The second kappa shape index (κ2) is 5.34. The van der Waals surface area contributed by atoms with Crippen LogP contribution in [0, 0.1) is 5.92 Å². The predicted octanol–water partition coefficient (Wildman–Crippen LogP) is -0.161. The molecule has 1 aliphatic heterocycles. The Morgan fingerprint density at radius 2 is 2.11 bits per heavy atom. The number of rotatable bonds is 3. The first-order chi connectivity index (χ1) is 8.69. The zero-order chi connectivity index (χ0) is 13.1. The number of hydrogen-bond donors (Lipinski definition) is 4. The summed E-state index contributed by atoms with van der Waals surface area (Å²) >= 11 is 0. The van der Waals surface area contributed by atoms with Crippen molar-refractivity contribution >= 4 is 5.91 Å². The summed E-state index contributed by atoms with van der Waals surface area (Å²) in [5, 5.41) is 0. The number of benzene rings is 1. The lowest BCUT2D eigenvalue weighted by Crippen LogP contribution is -2.41. The molecule has 6 heteroatoms. The van der Waals surface area contributed by atoms with E-state index in [0.29, 0.717) is 0 Å². The average Bonchev–Trinajstić information content (AvgIpc) is 2.79. The summed E-state index contributed by atoms with van der Waals surface area (Å²) in [6.45, 7) is 1.93. The molecule has 0 bridgehead atoms. The van der Waals surface area contributed by atoms with Crippen molar-refractivity contribution < 1.29 is 9.53 Å². The van der Waals surface area contributed by atoms with Crippen molar-refractivity contribution in [3.63, 3.8) is 0 Å². The number of carbonyl (C=O) groups excluding carboxylic acids is 1. The van der Waals surface area contributed by atoms with E-state index in [9.17, 15) is 4.79 Å². The number of hydrogen-bond acceptors (Lipinski definition) is 5. The van der Waals surface area contributed by atoms with Gasteiger partial charge in [0.15, 0.2) is 0 Å². The van der Waals surface area contributed by atoms with Gasteiger partial charge in [0.2, 0.25) is 5.91 Å². The molecule has 1 aromatic carbocycles. The van der Waals surface area contributed by atoms with E-state index in [1.54, 1.807) is 7.11 Å². The fraction of sp³-hybridized carbons (Fsp3) is 0.417. The van der Waals surface area contributed by atoms with Gasteiger partial charge in [-0.15, -0.1) is 0 Å². The summed E-state index contributed by atoms with van der Waals surface area (Å²) in [5.41, 5.74) is 9.33. The van der Waals surface area contributed by atoms with Crippen molar-refractivity contribution in [1.82, 2.24) is 16.3 Å². The maximum Gasteiger partial charge on any atom is 0.240 e. The number of para-hydroxylation sites is 1. The molecule has 3 unspecified atom stereocenters. The molecule has 1 saturated heterocycles. The number of amides is 1. The number of nitrogens with one attached hydrogen (secondary N) is 3. The molecule has 1 amide bonds. The molecule has 0 spiro atoms. The van der Waals surface area contributed by atoms with Gasteiger partial charge in [-0.2, -0.15) is 0 Å². The smallest absolute Gasteiger partial charge is 0.240 e. The molecule has 98 valence electrons. The second-order valence-electron chi connectivity index (χ2n) is 4.33. The number of methoxy groups -OCH3 is 1. The third-order valence-corrected chi connectivity index (χ3v) is 3.28. The Bertz CT molecular complexity index is 438. The monoisotopic (exact) mass is 250 g/mol. The summed E-state index contributed by atoms with van der Waals surface area (Å²) in [7, 11) is 1.61. The number of hydrazine groups is 2. The Kier molecular flexibility index (Phi) is 3.81. The highest BCUT2D eigenvalue weighted by Crippen LogP contribution is 2.34. The summed E-state index contributed by atoms with van der Waals surface area (Å²) in [6.07, 6.45) is 0. The minimum absolute atomic E-state index is 0.0107. The number of ether oxygens (including phenoxy) is 1. The van der Waals surface area contributed by atoms with Gasteiger partial charge in [-0.3, -0.25) is 15.6 Å². The molecule has 0 aliphatic carbocycles. The summed E-state index contributed by atoms with van der Waals surface area (Å²) < 4.78 is 5.32. The molecule has 3 atom stereocenters. The van der Waals surface area contributed by atoms with Gasteiger partial charge in [0, 0.05) is 11.6 Å². The lowest BCUT2D eigenvalue weighted by Gasteiger charge is -2.21. The summed E-state index contributed by atoms with van der Waals surface area (Å²) in [4.78, 5) is 11.9. The first-order valence-corrected chi connectivity index (χ1v) is 5.83. The highest BCUT2D eigenvalue weighted by Gasteiger charge is 2.40. The maximum absolute atomic E-state index is 11.9. The van der Waals surface area contributed by atoms with Gasteiger partial charge in [0.05, 0.1) is 19.1 Å². The zero-order valence-electron chi connectivity index (χ0n) is 10.4. The number of nitrogens with two attached hydrogens (primary N) is 1. The zero-order valence-corrected chi connectivity index (χ0v) is 10.4. The topological polar surface area (TPSA) is 88.4 Å². The molecule has 1 aliphatic rings. The van der Waals surface area contributed by atoms with Gasteiger partial charge >= 0.3 is 0 Å². The average molecular weight is 250 g/mol. The lowest BCUT2D eigenvalue weighted by atomic mass is 9.89. The van der Waals surface area contributed by atoms with Gasteiger partial charge < -0.3 is 4.74 Å². The van der Waals surface area contributed by atoms with Crippen LogP contribution in [0.5, 0.6) is 5.75 Å². The third-order valence-electron chi connectivity index (χ3n) is 3.28. The van der Waals surface area contributed by atoms with Crippen molar-refractivity contribution in [3.8, 4) is 5.75 Å². The maximum atomic E-state index is 11.9. The molecule has 0 aromatic heterocycles. The standard InChI is InChI=1S/C12H18N4O2/c1-7-10(12(17)14-13)11(16-15-7)8-5-3-4-6-9(8)18-2/h3-7,10-11,15-16H,13H2,1-2H3,(H,14,17). The van der Waals surface area contributed by atoms with Crippen molar-refractivity contribution in [3.05, 3.63) is 29.8 Å². The molecule has 2 rings (SSSR count). The molecular weight excluding hydrogens is 232 g/mol. The van der Waals surface area contributed by atoms with E-state index < -0.39 is 0 Å². The first-order valence-electron chi connectivity index (χ1n) is 5.83. The van der Waals surface area contributed by atoms with Gasteiger partial charge in [-0.25, -0.2) is 11.3 Å². The van der Waals surface area contributed by atoms with Gasteiger partial charge in [0.1, 0.15) is 5.75 Å². The molecule has 1 aromatic rings. The summed E-state index contributed by atoms with van der Waals surface area (Å²) in [5.74, 6) is 5.51. The largest absolute Gasteiger partial charge is 0.496 e. The van der Waals surface area contributed by atoms with E-state index >= 15 is 0 Å². The van der Waals surface area contributed by atoms with Gasteiger partial charge in [-0.1, -0.05) is 18.2 Å². The van der Waals surface area contributed by atoms with Crippen LogP contribution in [0.25, 0.3) is 0 Å². The van der Waals surface area contributed by atoms with E-state index in [1.807, 2.05) is 31.2 Å². The van der Waals surface area contributed by atoms with E-state index in [2.05, 4.69) is 16.3 Å². The van der Waals surface area contributed by atoms with Crippen molar-refractivity contribution in [2.24, 2.45) is 11.8 Å². The first kappa shape index (κ1) is 12.8. The molecule has 18 heavy (non-hydrogen) atoms. The van der Waals surface area contributed by atoms with Crippen LogP contribution in [0.15, 0.2) is 24.3 Å². The van der Waals surface area contributed by atoms with Crippen LogP contribution in [-0.2, 0) is 4.79 Å². The van der Waals surface area contributed by atoms with Crippen molar-refractivity contribution in [1.29, 1.82) is 0 Å². The van der Waals surface area contributed by atoms with Crippen LogP contribution in [0.1, 0.15) is 18.5 Å². The second-order valence-corrected chi connectivity index (χ2v) is 4.33. The molecular formula is C12H18N4O2. The van der Waals surface area contributed by atoms with Crippen LogP contribution < -0.4 is 26.9 Å². The Balaban J connectivity index is 2.34. The van der Waals surface area contributed by atoms with Gasteiger partial charge in [-0.05, 0) is 13.0 Å². The minimum Gasteiger partial charge on any atom is -0.496 e. The highest BCUT2D eigenvalue weighted by molar-refractivity contribution is 5.80. The van der Waals surface area contributed by atoms with Crippen LogP contribution >= 0.6 is 0 Å². The fourth-order valence-corrected chi connectivity index (χ4v) is 2.36. The number of carbonyl (C=O) groups is 1. The van der Waals surface area contributed by atoms with Crippen LogP contribution in [-0.4, -0.2) is 19.1 Å². The predicted molar refractivity (Wildman–Crippen MR) is 67.3 cm³/mol. The summed E-state index contributed by atoms with van der Waals surface area (Å²) in [6, 6.07) is 7.44. The van der Waals surface area contributed by atoms with Crippen molar-refractivity contribution in [2.45, 2.75) is 19.0 Å². The molecule has 1 fully saturated rings. The Labute approximate surface area is 106 Å². The highest BCUT2D eigenvalue weighted by atomic mass is 16.5. The Morgan fingerprint density at radius 3 is 2.78 bits per heavy atom. The van der Waals surface area contributed by atoms with Crippen LogP contribution in [0.3, 0.4) is 0 Å². The Morgan fingerprint density at radius 1 is 1.39 bits per heavy atom. The van der Waals surface area contributed by atoms with Crippen LogP contribution in [0.2, 0.25) is 0 Å². The van der Waals surface area contributed by atoms with Crippen molar-refractivity contribution in [2.75, 3.05) is 7.11 Å². The lowest BCUT2D eigenvalue weighted by molar-refractivity contribution is -0.125. The van der Waals surface area contributed by atoms with E-state index in [-0.39, 0.29) is 23.9 Å². The van der Waals surface area contributed by atoms with E-state index in [1.165, 1.54) is 0 Å². The fourth-order valence-electron chi connectivity index (χ4n) is 2.36. The third kappa shape index (κ3) is 2.17. The SMILES string of the molecule is COc1ccccc1C1NNC(C)C1C(=O)NN.